The van der Waals surface area contributed by atoms with Crippen molar-refractivity contribution in [2.45, 2.75) is 52.0 Å². The summed E-state index contributed by atoms with van der Waals surface area (Å²) in [4.78, 5) is 29.9. The maximum absolute atomic E-state index is 13.7. The Hall–Kier alpha value is -2.90. The van der Waals surface area contributed by atoms with Gasteiger partial charge in [-0.3, -0.25) is 14.6 Å². The van der Waals surface area contributed by atoms with Crippen LogP contribution in [0.4, 0.5) is 8.78 Å². The molecule has 0 aliphatic heterocycles. The first-order chi connectivity index (χ1) is 16.7. The molecule has 1 unspecified atom stereocenters. The van der Waals surface area contributed by atoms with Gasteiger partial charge >= 0.3 is 0 Å². The van der Waals surface area contributed by atoms with Gasteiger partial charge in [-0.25, -0.2) is 8.78 Å². The number of Topliss-reactive ketones (excluding diaryl/α,β-unsaturated/α-hetero) is 1. The summed E-state index contributed by atoms with van der Waals surface area (Å²) in [5.74, 6) is -1.05. The number of carbonyl (C=O) groups is 2. The van der Waals surface area contributed by atoms with Gasteiger partial charge in [0, 0.05) is 42.1 Å². The molecule has 0 aliphatic rings. The second kappa shape index (κ2) is 12.2. The molecule has 0 saturated heterocycles. The van der Waals surface area contributed by atoms with E-state index < -0.39 is 11.2 Å². The number of nitrogens with zero attached hydrogens (tertiary/aromatic N) is 1. The average molecular weight is 502 g/mol. The molecule has 35 heavy (non-hydrogen) atoms. The predicted octanol–water partition coefficient (Wildman–Crippen LogP) is 5.51. The number of carbonyl (C=O) groups excluding carboxylic acids is 2. The van der Waals surface area contributed by atoms with Crippen molar-refractivity contribution in [3.63, 3.8) is 0 Å². The molecule has 0 bridgehead atoms. The number of ketones is 1. The van der Waals surface area contributed by atoms with Gasteiger partial charge < -0.3 is 11.1 Å². The van der Waals surface area contributed by atoms with Gasteiger partial charge in [0.15, 0.2) is 0 Å². The van der Waals surface area contributed by atoms with Crippen molar-refractivity contribution >= 4 is 34.1 Å². The summed E-state index contributed by atoms with van der Waals surface area (Å²) in [6.45, 7) is 2.42. The standard InChI is InChI=1S/C27H30ClF2N3O2/c1-27(11-4-12-31,26(35)33-17-19-5-2-7-24(30)25(19)28)10-3-6-23(34)15-22-14-20-13-21(29)9-8-18(20)16-32-22/h2,5,7-9,13-14,16H,3-4,6,10-12,15,17,31H2,1H3,(H,33,35). The maximum Gasteiger partial charge on any atom is 0.226 e. The van der Waals surface area contributed by atoms with E-state index in [1.54, 1.807) is 30.5 Å². The van der Waals surface area contributed by atoms with Crippen molar-refractivity contribution in [2.75, 3.05) is 6.54 Å². The summed E-state index contributed by atoms with van der Waals surface area (Å²) in [6.07, 6.45) is 4.33. The third-order valence-electron chi connectivity index (χ3n) is 6.25. The number of pyridine rings is 1. The number of amides is 1. The van der Waals surface area contributed by atoms with E-state index in [-0.39, 0.29) is 35.5 Å². The molecule has 8 heteroatoms. The van der Waals surface area contributed by atoms with Gasteiger partial charge in [-0.1, -0.05) is 30.7 Å². The van der Waals surface area contributed by atoms with Gasteiger partial charge in [0.1, 0.15) is 17.4 Å². The third kappa shape index (κ3) is 7.29. The zero-order valence-corrected chi connectivity index (χ0v) is 20.5. The monoisotopic (exact) mass is 501 g/mol. The minimum absolute atomic E-state index is 0.00128. The molecule has 0 fully saturated rings. The van der Waals surface area contributed by atoms with E-state index in [2.05, 4.69) is 10.3 Å². The average Bonchev–Trinajstić information content (AvgIpc) is 2.83. The Morgan fingerprint density at radius 1 is 1.09 bits per heavy atom. The first kappa shape index (κ1) is 26.7. The molecule has 1 atom stereocenters. The normalized spacial score (nSPS) is 12.9. The number of benzene rings is 2. The summed E-state index contributed by atoms with van der Waals surface area (Å²) >= 11 is 6.00. The third-order valence-corrected chi connectivity index (χ3v) is 6.68. The molecule has 5 nitrogen and oxygen atoms in total. The van der Waals surface area contributed by atoms with E-state index in [0.717, 1.165) is 5.39 Å². The quantitative estimate of drug-likeness (QED) is 0.342. The summed E-state index contributed by atoms with van der Waals surface area (Å²) < 4.78 is 27.2. The highest BCUT2D eigenvalue weighted by molar-refractivity contribution is 6.31. The zero-order chi connectivity index (χ0) is 25.4. The summed E-state index contributed by atoms with van der Waals surface area (Å²) in [5, 5.41) is 4.36. The minimum Gasteiger partial charge on any atom is -0.351 e. The topological polar surface area (TPSA) is 85.1 Å². The molecule has 1 amide bonds. The molecule has 0 spiro atoms. The van der Waals surface area contributed by atoms with E-state index in [1.165, 1.54) is 18.2 Å². The zero-order valence-electron chi connectivity index (χ0n) is 19.8. The Balaban J connectivity index is 1.56. The fourth-order valence-electron chi connectivity index (χ4n) is 4.14. The van der Waals surface area contributed by atoms with E-state index in [0.29, 0.717) is 55.3 Å². The van der Waals surface area contributed by atoms with Crippen molar-refractivity contribution < 1.29 is 18.4 Å². The van der Waals surface area contributed by atoms with E-state index in [9.17, 15) is 18.4 Å². The Labute approximate surface area is 209 Å². The Bertz CT molecular complexity index is 1200. The number of hydrogen-bond acceptors (Lipinski definition) is 4. The van der Waals surface area contributed by atoms with Crippen LogP contribution >= 0.6 is 11.6 Å². The Kier molecular flexibility index (Phi) is 9.29. The fourth-order valence-corrected chi connectivity index (χ4v) is 4.33. The van der Waals surface area contributed by atoms with Crippen LogP contribution in [-0.4, -0.2) is 23.2 Å². The SMILES string of the molecule is CC(CCCN)(CCCC(=O)Cc1cc2cc(F)ccc2cn1)C(=O)NCc1cccc(F)c1Cl. The number of rotatable bonds is 12. The van der Waals surface area contributed by atoms with Crippen LogP contribution in [-0.2, 0) is 22.6 Å². The minimum atomic E-state index is -0.724. The van der Waals surface area contributed by atoms with Crippen LogP contribution in [0.15, 0.2) is 48.7 Å². The van der Waals surface area contributed by atoms with Crippen molar-refractivity contribution in [3.05, 3.63) is 76.6 Å². The summed E-state index contributed by atoms with van der Waals surface area (Å²) in [7, 11) is 0. The lowest BCUT2D eigenvalue weighted by Gasteiger charge is -2.28. The number of fused-ring (bicyclic) bond motifs is 1. The molecule has 1 heterocycles. The van der Waals surface area contributed by atoms with E-state index >= 15 is 0 Å². The predicted molar refractivity (Wildman–Crippen MR) is 134 cm³/mol. The van der Waals surface area contributed by atoms with Crippen molar-refractivity contribution in [1.29, 1.82) is 0 Å². The first-order valence-electron chi connectivity index (χ1n) is 11.7. The highest BCUT2D eigenvalue weighted by Gasteiger charge is 2.32. The lowest BCUT2D eigenvalue weighted by molar-refractivity contribution is -0.131. The smallest absolute Gasteiger partial charge is 0.226 e. The molecular formula is C27H30ClF2N3O2. The number of aromatic nitrogens is 1. The number of halogens is 3. The lowest BCUT2D eigenvalue weighted by atomic mass is 9.79. The molecule has 0 radical (unpaired) electrons. The fraction of sp³-hybridized carbons (Fsp3) is 0.370. The first-order valence-corrected chi connectivity index (χ1v) is 12.1. The molecule has 0 aliphatic carbocycles. The molecular weight excluding hydrogens is 472 g/mol. The van der Waals surface area contributed by atoms with Crippen LogP contribution in [0.25, 0.3) is 10.8 Å². The van der Waals surface area contributed by atoms with Gasteiger partial charge in [-0.05, 0) is 73.5 Å². The van der Waals surface area contributed by atoms with Gasteiger partial charge in [-0.2, -0.15) is 0 Å². The molecule has 1 aromatic heterocycles. The molecule has 2 aromatic carbocycles. The van der Waals surface area contributed by atoms with Crippen LogP contribution in [0, 0.1) is 17.0 Å². The highest BCUT2D eigenvalue weighted by Crippen LogP contribution is 2.31. The van der Waals surface area contributed by atoms with Crippen LogP contribution < -0.4 is 11.1 Å². The summed E-state index contributed by atoms with van der Waals surface area (Å²) in [5.41, 5.74) is 6.04. The highest BCUT2D eigenvalue weighted by atomic mass is 35.5. The number of hydrogen-bond donors (Lipinski definition) is 2. The van der Waals surface area contributed by atoms with Crippen molar-refractivity contribution in [2.24, 2.45) is 11.1 Å². The maximum atomic E-state index is 13.7. The second-order valence-electron chi connectivity index (χ2n) is 9.08. The van der Waals surface area contributed by atoms with Gasteiger partial charge in [0.05, 0.1) is 5.02 Å². The lowest BCUT2D eigenvalue weighted by Crippen LogP contribution is -2.39. The number of nitrogens with one attached hydrogen (secondary N) is 1. The van der Waals surface area contributed by atoms with Crippen LogP contribution in [0.3, 0.4) is 0 Å². The van der Waals surface area contributed by atoms with Gasteiger partial charge in [-0.15, -0.1) is 0 Å². The van der Waals surface area contributed by atoms with E-state index in [4.69, 9.17) is 17.3 Å². The van der Waals surface area contributed by atoms with Crippen LogP contribution in [0.5, 0.6) is 0 Å². The summed E-state index contributed by atoms with van der Waals surface area (Å²) in [6, 6.07) is 10.6. The molecule has 186 valence electrons. The van der Waals surface area contributed by atoms with E-state index in [1.807, 2.05) is 6.92 Å². The van der Waals surface area contributed by atoms with Gasteiger partial charge in [0.2, 0.25) is 5.91 Å². The Morgan fingerprint density at radius 2 is 1.86 bits per heavy atom. The molecule has 0 saturated carbocycles. The second-order valence-corrected chi connectivity index (χ2v) is 9.46. The van der Waals surface area contributed by atoms with Crippen LogP contribution in [0.1, 0.15) is 50.3 Å². The van der Waals surface area contributed by atoms with Gasteiger partial charge in [0.25, 0.3) is 0 Å². The molecule has 3 aromatic rings. The molecule has 3 rings (SSSR count). The molecule has 3 N–H and O–H groups in total. The van der Waals surface area contributed by atoms with Crippen LogP contribution in [0.2, 0.25) is 5.02 Å². The van der Waals surface area contributed by atoms with Crippen molar-refractivity contribution in [1.82, 2.24) is 10.3 Å². The number of nitrogens with two attached hydrogens (primary N) is 1. The largest absolute Gasteiger partial charge is 0.351 e. The van der Waals surface area contributed by atoms with Crippen molar-refractivity contribution in [3.8, 4) is 0 Å². The Morgan fingerprint density at radius 3 is 2.63 bits per heavy atom.